The van der Waals surface area contributed by atoms with Crippen LogP contribution in [0.3, 0.4) is 0 Å². The van der Waals surface area contributed by atoms with Gasteiger partial charge in [0.15, 0.2) is 28.2 Å². The predicted octanol–water partition coefficient (Wildman–Crippen LogP) is 9.02. The molecule has 0 atom stereocenters. The van der Waals surface area contributed by atoms with Crippen LogP contribution in [0.1, 0.15) is 63.8 Å². The van der Waals surface area contributed by atoms with Crippen molar-refractivity contribution in [3.8, 4) is 5.75 Å². The summed E-state index contributed by atoms with van der Waals surface area (Å²) in [5.41, 5.74) is 3.00. The van der Waals surface area contributed by atoms with Gasteiger partial charge in [-0.25, -0.2) is 8.78 Å². The fourth-order valence-corrected chi connectivity index (χ4v) is 4.59. The monoisotopic (exact) mass is 524 g/mol. The summed E-state index contributed by atoms with van der Waals surface area (Å²) in [7, 11) is -3.52. The van der Waals surface area contributed by atoms with Gasteiger partial charge in [-0.3, -0.25) is 0 Å². The van der Waals surface area contributed by atoms with Crippen LogP contribution in [-0.2, 0) is 22.1 Å². The van der Waals surface area contributed by atoms with Crippen molar-refractivity contribution in [2.24, 2.45) is 0 Å². The second-order valence-electron chi connectivity index (χ2n) is 12.4. The highest BCUT2D eigenvalue weighted by molar-refractivity contribution is 6.74. The van der Waals surface area contributed by atoms with Gasteiger partial charge >= 0.3 is 0 Å². The topological polar surface area (TPSA) is 38.7 Å². The lowest BCUT2D eigenvalue weighted by Crippen LogP contribution is -2.40. The minimum atomic E-state index is -1.81. The molecule has 0 spiro atoms. The number of aromatic hydroxyl groups is 1. The van der Waals surface area contributed by atoms with Crippen LogP contribution >= 0.6 is 0 Å². The third-order valence-corrected chi connectivity index (χ3v) is 16.3. The van der Waals surface area contributed by atoms with Gasteiger partial charge in [0, 0.05) is 0 Å². The van der Waals surface area contributed by atoms with Crippen molar-refractivity contribution < 1.29 is 22.7 Å². The molecule has 0 aromatic heterocycles. The van der Waals surface area contributed by atoms with Gasteiger partial charge in [0.2, 0.25) is 0 Å². The van der Waals surface area contributed by atoms with Crippen LogP contribution in [0.4, 0.5) is 8.78 Å². The Morgan fingerprint density at radius 2 is 1.14 bits per heavy atom. The Morgan fingerprint density at radius 3 is 1.54 bits per heavy atom. The fraction of sp³-hybridized carbons (Fsp3) is 0.571. The molecule has 0 heterocycles. The van der Waals surface area contributed by atoms with Gasteiger partial charge in [-0.1, -0.05) is 59.7 Å². The van der Waals surface area contributed by atoms with E-state index < -0.39 is 22.5 Å². The van der Waals surface area contributed by atoms with E-state index in [1.165, 1.54) is 12.1 Å². The van der Waals surface area contributed by atoms with E-state index in [0.29, 0.717) is 24.3 Å². The molecule has 2 rings (SSSR count). The summed E-state index contributed by atoms with van der Waals surface area (Å²) >= 11 is 0. The molecule has 0 bridgehead atoms. The van der Waals surface area contributed by atoms with Crippen molar-refractivity contribution in [1.82, 2.24) is 0 Å². The average molecular weight is 525 g/mol. The summed E-state index contributed by atoms with van der Waals surface area (Å²) in [4.78, 5) is 0. The minimum Gasteiger partial charge on any atom is -0.505 e. The number of benzene rings is 2. The zero-order chi connectivity index (χ0) is 27.4. The van der Waals surface area contributed by atoms with Gasteiger partial charge < -0.3 is 14.0 Å². The lowest BCUT2D eigenvalue weighted by Gasteiger charge is -2.36. The van der Waals surface area contributed by atoms with Crippen LogP contribution in [0.5, 0.6) is 5.75 Å². The SMILES string of the molecule is Cc1cc(CO[Si](C)(C)C(C)(C)C)cc(O)c1F.Cc1cc(CO[Si](C)(C)C(C)(C)C)ccc1F. The number of hydrogen-bond acceptors (Lipinski definition) is 3. The quantitative estimate of drug-likeness (QED) is 0.383. The first-order chi connectivity index (χ1) is 15.7. The van der Waals surface area contributed by atoms with E-state index in [0.717, 1.165) is 11.1 Å². The van der Waals surface area contributed by atoms with Gasteiger partial charge in [0.05, 0.1) is 13.2 Å². The van der Waals surface area contributed by atoms with Crippen molar-refractivity contribution in [2.45, 2.75) is 105 Å². The Bertz CT molecular complexity index is 968. The van der Waals surface area contributed by atoms with E-state index in [9.17, 15) is 13.9 Å². The highest BCUT2D eigenvalue weighted by Gasteiger charge is 2.37. The third kappa shape index (κ3) is 9.12. The van der Waals surface area contributed by atoms with Crippen molar-refractivity contribution in [3.05, 3.63) is 64.2 Å². The normalized spacial score (nSPS) is 12.9. The molecule has 1 N–H and O–H groups in total. The summed E-state index contributed by atoms with van der Waals surface area (Å²) < 4.78 is 38.5. The summed E-state index contributed by atoms with van der Waals surface area (Å²) in [5.74, 6) is -1.00. The van der Waals surface area contributed by atoms with E-state index in [1.807, 2.05) is 6.07 Å². The molecule has 0 amide bonds. The van der Waals surface area contributed by atoms with Gasteiger partial charge in [0.25, 0.3) is 0 Å². The minimum absolute atomic E-state index is 0.143. The number of aryl methyl sites for hydroxylation is 2. The molecule has 0 fully saturated rings. The zero-order valence-electron chi connectivity index (χ0n) is 23.8. The zero-order valence-corrected chi connectivity index (χ0v) is 25.8. The molecule has 0 aliphatic heterocycles. The maximum absolute atomic E-state index is 13.3. The Hall–Kier alpha value is -1.55. The summed E-state index contributed by atoms with van der Waals surface area (Å²) in [6.45, 7) is 26.4. The summed E-state index contributed by atoms with van der Waals surface area (Å²) in [6.07, 6.45) is 0. The first-order valence-corrected chi connectivity index (χ1v) is 18.0. The fourth-order valence-electron chi connectivity index (χ4n) is 2.66. The molecule has 0 radical (unpaired) electrons. The molecule has 0 aliphatic carbocycles. The largest absolute Gasteiger partial charge is 0.505 e. The van der Waals surface area contributed by atoms with Gasteiger partial charge in [-0.2, -0.15) is 0 Å². The first kappa shape index (κ1) is 31.5. The number of phenolic OH excluding ortho intramolecular Hbond substituents is 1. The van der Waals surface area contributed by atoms with Crippen LogP contribution in [0, 0.1) is 25.5 Å². The Kier molecular flexibility index (Phi) is 10.5. The highest BCUT2D eigenvalue weighted by atomic mass is 28.4. The number of halogens is 2. The first-order valence-electron chi connectivity index (χ1n) is 12.2. The predicted molar refractivity (Wildman–Crippen MR) is 148 cm³/mol. The van der Waals surface area contributed by atoms with E-state index in [-0.39, 0.29) is 21.6 Å². The molecule has 0 saturated carbocycles. The second-order valence-corrected chi connectivity index (χ2v) is 22.0. The standard InChI is InChI=1S/C14H23FO2Si.C14H23FOSi/c1-10-7-11(8-12(16)13(10)15)9-17-18(5,6)14(2,3)4;1-11-9-12(7-8-13(11)15)10-16-17(5,6)14(2,3)4/h7-8,16H,9H2,1-6H3;7-9H,10H2,1-6H3. The van der Waals surface area contributed by atoms with Crippen LogP contribution < -0.4 is 0 Å². The second kappa shape index (κ2) is 11.7. The maximum Gasteiger partial charge on any atom is 0.192 e. The molecule has 0 aliphatic rings. The average Bonchev–Trinajstić information content (AvgIpc) is 2.70. The van der Waals surface area contributed by atoms with Crippen LogP contribution in [-0.4, -0.2) is 21.7 Å². The molecular formula is C28H46F2O3Si2. The molecule has 7 heteroatoms. The van der Waals surface area contributed by atoms with Gasteiger partial charge in [0.1, 0.15) is 5.82 Å². The van der Waals surface area contributed by atoms with Gasteiger partial charge in [-0.05, 0) is 84.5 Å². The molecule has 2 aromatic carbocycles. The molecule has 35 heavy (non-hydrogen) atoms. The van der Waals surface area contributed by atoms with Crippen LogP contribution in [0.25, 0.3) is 0 Å². The van der Waals surface area contributed by atoms with Gasteiger partial charge in [-0.15, -0.1) is 0 Å². The summed E-state index contributed by atoms with van der Waals surface area (Å²) in [6, 6.07) is 8.34. The third-order valence-electron chi connectivity index (χ3n) is 7.33. The highest BCUT2D eigenvalue weighted by Crippen LogP contribution is 2.38. The lowest BCUT2D eigenvalue weighted by atomic mass is 10.1. The van der Waals surface area contributed by atoms with Crippen molar-refractivity contribution in [1.29, 1.82) is 0 Å². The van der Waals surface area contributed by atoms with Crippen LogP contribution in [0.15, 0.2) is 30.3 Å². The van der Waals surface area contributed by atoms with Crippen molar-refractivity contribution in [2.75, 3.05) is 0 Å². The molecule has 0 unspecified atom stereocenters. The number of hydrogen-bond donors (Lipinski definition) is 1. The van der Waals surface area contributed by atoms with Crippen molar-refractivity contribution >= 4 is 16.6 Å². The number of phenols is 1. The van der Waals surface area contributed by atoms with E-state index in [4.69, 9.17) is 8.85 Å². The van der Waals surface area contributed by atoms with Crippen LogP contribution in [0.2, 0.25) is 36.3 Å². The Morgan fingerprint density at radius 1 is 0.714 bits per heavy atom. The smallest absolute Gasteiger partial charge is 0.192 e. The molecule has 2 aromatic rings. The van der Waals surface area contributed by atoms with E-state index in [2.05, 4.69) is 67.7 Å². The maximum atomic E-state index is 13.3. The molecule has 0 saturated heterocycles. The molecule has 198 valence electrons. The van der Waals surface area contributed by atoms with Crippen molar-refractivity contribution in [3.63, 3.8) is 0 Å². The Balaban J connectivity index is 0.000000351. The lowest BCUT2D eigenvalue weighted by molar-refractivity contribution is 0.275. The Labute approximate surface area is 214 Å². The number of rotatable bonds is 6. The van der Waals surface area contributed by atoms with E-state index >= 15 is 0 Å². The molecular weight excluding hydrogens is 478 g/mol. The summed E-state index contributed by atoms with van der Waals surface area (Å²) in [5, 5.41) is 9.80. The van der Waals surface area contributed by atoms with E-state index in [1.54, 1.807) is 26.0 Å². The molecule has 3 nitrogen and oxygen atoms in total.